The Balaban J connectivity index is 2.19. The van der Waals surface area contributed by atoms with Gasteiger partial charge in [-0.25, -0.2) is 0 Å². The Labute approximate surface area is 140 Å². The number of rotatable bonds is 5. The van der Waals surface area contributed by atoms with Crippen molar-refractivity contribution in [1.29, 1.82) is 5.26 Å². The second-order valence-electron chi connectivity index (χ2n) is 7.75. The van der Waals surface area contributed by atoms with Gasteiger partial charge in [0.2, 0.25) is 0 Å². The highest BCUT2D eigenvalue weighted by Gasteiger charge is 2.37. The Morgan fingerprint density at radius 3 is 2.30 bits per heavy atom. The molecule has 2 rings (SSSR count). The molecular weight excluding hydrogens is 284 g/mol. The number of hydrogen-bond acceptors (Lipinski definition) is 3. The summed E-state index contributed by atoms with van der Waals surface area (Å²) in [6.07, 6.45) is 5.13. The first kappa shape index (κ1) is 18.0. The van der Waals surface area contributed by atoms with Gasteiger partial charge < -0.3 is 5.11 Å². The van der Waals surface area contributed by atoms with Crippen LogP contribution < -0.4 is 0 Å². The lowest BCUT2D eigenvalue weighted by Gasteiger charge is -2.42. The van der Waals surface area contributed by atoms with E-state index in [4.69, 9.17) is 0 Å². The van der Waals surface area contributed by atoms with Gasteiger partial charge in [-0.15, -0.1) is 0 Å². The number of hydrogen-bond donors (Lipinski definition) is 1. The Kier molecular flexibility index (Phi) is 6.21. The summed E-state index contributed by atoms with van der Waals surface area (Å²) in [6.45, 7) is 7.04. The quantitative estimate of drug-likeness (QED) is 0.889. The molecule has 1 N–H and O–H groups in total. The van der Waals surface area contributed by atoms with Crippen LogP contribution in [0.1, 0.15) is 58.4 Å². The van der Waals surface area contributed by atoms with E-state index in [1.165, 1.54) is 24.8 Å². The van der Waals surface area contributed by atoms with Gasteiger partial charge in [0.05, 0.1) is 12.2 Å². The van der Waals surface area contributed by atoms with Crippen LogP contribution in [0.3, 0.4) is 0 Å². The van der Waals surface area contributed by atoms with Crippen molar-refractivity contribution in [2.75, 3.05) is 0 Å². The molecule has 0 radical (unpaired) electrons. The largest absolute Gasteiger partial charge is 0.390 e. The van der Waals surface area contributed by atoms with Gasteiger partial charge in [-0.1, -0.05) is 49.6 Å². The summed E-state index contributed by atoms with van der Waals surface area (Å²) in [5.74, 6) is 0.258. The van der Waals surface area contributed by atoms with Crippen molar-refractivity contribution in [2.24, 2.45) is 5.92 Å². The van der Waals surface area contributed by atoms with E-state index in [0.717, 1.165) is 12.8 Å². The molecule has 0 unspecified atom stereocenters. The van der Waals surface area contributed by atoms with Gasteiger partial charge >= 0.3 is 0 Å². The van der Waals surface area contributed by atoms with Gasteiger partial charge in [0, 0.05) is 12.1 Å². The van der Waals surface area contributed by atoms with Crippen LogP contribution in [0.5, 0.6) is 0 Å². The third kappa shape index (κ3) is 4.80. The van der Waals surface area contributed by atoms with Crippen molar-refractivity contribution in [3.05, 3.63) is 35.9 Å². The van der Waals surface area contributed by atoms with E-state index in [1.807, 2.05) is 18.2 Å². The number of nitriles is 1. The Hall–Kier alpha value is -1.37. The van der Waals surface area contributed by atoms with Crippen LogP contribution >= 0.6 is 0 Å². The maximum atomic E-state index is 10.9. The molecule has 1 aromatic carbocycles. The van der Waals surface area contributed by atoms with Gasteiger partial charge in [-0.2, -0.15) is 5.26 Å². The number of aliphatic hydroxyl groups is 1. The molecule has 0 heterocycles. The predicted octanol–water partition coefficient (Wildman–Crippen LogP) is 4.12. The van der Waals surface area contributed by atoms with E-state index >= 15 is 0 Å². The summed E-state index contributed by atoms with van der Waals surface area (Å²) in [6, 6.07) is 12.2. The van der Waals surface area contributed by atoms with Crippen molar-refractivity contribution in [3.8, 4) is 6.07 Å². The Morgan fingerprint density at radius 1 is 1.17 bits per heavy atom. The van der Waals surface area contributed by atoms with Crippen LogP contribution in [-0.4, -0.2) is 27.7 Å². The first-order valence-corrected chi connectivity index (χ1v) is 8.82. The molecule has 0 spiro atoms. The molecule has 1 aliphatic carbocycles. The molecule has 0 aromatic heterocycles. The van der Waals surface area contributed by atoms with Crippen molar-refractivity contribution >= 4 is 0 Å². The summed E-state index contributed by atoms with van der Waals surface area (Å²) in [5, 5.41) is 20.7. The number of nitrogens with zero attached hydrogens (tertiary/aromatic N) is 2. The van der Waals surface area contributed by atoms with Crippen LogP contribution in [0.15, 0.2) is 30.3 Å². The molecule has 126 valence electrons. The molecule has 1 fully saturated rings. The topological polar surface area (TPSA) is 47.3 Å². The van der Waals surface area contributed by atoms with Gasteiger partial charge in [-0.3, -0.25) is 4.90 Å². The van der Waals surface area contributed by atoms with Gasteiger partial charge in [0.25, 0.3) is 0 Å². The van der Waals surface area contributed by atoms with E-state index in [1.54, 1.807) is 0 Å². The SMILES string of the molecule is CC(C)(C)N(Cc1ccccc1)[C@H](C#N)[C@H](O)C1CCCCC1. The van der Waals surface area contributed by atoms with Gasteiger partial charge in [-0.05, 0) is 45.1 Å². The molecule has 1 aliphatic rings. The van der Waals surface area contributed by atoms with Crippen molar-refractivity contribution < 1.29 is 5.11 Å². The molecule has 3 heteroatoms. The van der Waals surface area contributed by atoms with E-state index in [0.29, 0.717) is 6.54 Å². The molecule has 0 amide bonds. The fraction of sp³-hybridized carbons (Fsp3) is 0.650. The van der Waals surface area contributed by atoms with Crippen LogP contribution in [0, 0.1) is 17.2 Å². The third-order valence-electron chi connectivity index (χ3n) is 4.98. The summed E-state index contributed by atoms with van der Waals surface area (Å²) < 4.78 is 0. The number of aliphatic hydroxyl groups excluding tert-OH is 1. The monoisotopic (exact) mass is 314 g/mol. The van der Waals surface area contributed by atoms with E-state index in [2.05, 4.69) is 43.9 Å². The zero-order valence-corrected chi connectivity index (χ0v) is 14.7. The van der Waals surface area contributed by atoms with E-state index in [-0.39, 0.29) is 11.5 Å². The van der Waals surface area contributed by atoms with Crippen LogP contribution in [-0.2, 0) is 6.54 Å². The zero-order chi connectivity index (χ0) is 16.9. The Morgan fingerprint density at radius 2 is 1.78 bits per heavy atom. The van der Waals surface area contributed by atoms with E-state index in [9.17, 15) is 10.4 Å². The molecule has 0 bridgehead atoms. The first-order valence-electron chi connectivity index (χ1n) is 8.82. The zero-order valence-electron chi connectivity index (χ0n) is 14.7. The fourth-order valence-electron chi connectivity index (χ4n) is 3.60. The highest BCUT2D eigenvalue weighted by atomic mass is 16.3. The third-order valence-corrected chi connectivity index (χ3v) is 4.98. The van der Waals surface area contributed by atoms with Crippen LogP contribution in [0.4, 0.5) is 0 Å². The average Bonchev–Trinajstić information content (AvgIpc) is 2.55. The molecule has 1 aromatic rings. The molecular formula is C20H30N2O. The lowest BCUT2D eigenvalue weighted by molar-refractivity contribution is -0.0176. The smallest absolute Gasteiger partial charge is 0.125 e. The average molecular weight is 314 g/mol. The lowest BCUT2D eigenvalue weighted by Crippen LogP contribution is -2.53. The van der Waals surface area contributed by atoms with Gasteiger partial charge in [0.1, 0.15) is 6.04 Å². The normalized spacial score (nSPS) is 19.3. The van der Waals surface area contributed by atoms with Crippen LogP contribution in [0.25, 0.3) is 0 Å². The van der Waals surface area contributed by atoms with Crippen molar-refractivity contribution in [2.45, 2.75) is 77.1 Å². The molecule has 0 aliphatic heterocycles. The second kappa shape index (κ2) is 7.95. The standard InChI is InChI=1S/C20H30N2O/c1-20(2,3)22(15-16-10-6-4-7-11-16)18(14-21)19(23)17-12-8-5-9-13-17/h4,6-7,10-11,17-19,23H,5,8-9,12-13,15H2,1-3H3/t18-,19-/m1/s1. The summed E-state index contributed by atoms with van der Waals surface area (Å²) in [4.78, 5) is 2.15. The highest BCUT2D eigenvalue weighted by molar-refractivity contribution is 5.16. The second-order valence-corrected chi connectivity index (χ2v) is 7.75. The molecule has 0 saturated heterocycles. The fourth-order valence-corrected chi connectivity index (χ4v) is 3.60. The lowest BCUT2D eigenvalue weighted by atomic mass is 9.81. The number of benzene rings is 1. The maximum absolute atomic E-state index is 10.9. The minimum absolute atomic E-state index is 0.175. The summed E-state index contributed by atoms with van der Waals surface area (Å²) >= 11 is 0. The summed E-state index contributed by atoms with van der Waals surface area (Å²) in [7, 11) is 0. The highest BCUT2D eigenvalue weighted by Crippen LogP contribution is 2.31. The van der Waals surface area contributed by atoms with Gasteiger partial charge in [0.15, 0.2) is 0 Å². The summed E-state index contributed by atoms with van der Waals surface area (Å²) in [5.41, 5.74) is 1.00. The predicted molar refractivity (Wildman–Crippen MR) is 93.7 cm³/mol. The Bertz CT molecular complexity index is 509. The van der Waals surface area contributed by atoms with Crippen molar-refractivity contribution in [1.82, 2.24) is 4.90 Å². The maximum Gasteiger partial charge on any atom is 0.125 e. The minimum Gasteiger partial charge on any atom is -0.390 e. The molecule has 2 atom stereocenters. The van der Waals surface area contributed by atoms with Crippen LogP contribution in [0.2, 0.25) is 0 Å². The first-order chi connectivity index (χ1) is 10.9. The van der Waals surface area contributed by atoms with E-state index < -0.39 is 12.1 Å². The molecule has 1 saturated carbocycles. The van der Waals surface area contributed by atoms with Crippen molar-refractivity contribution in [3.63, 3.8) is 0 Å². The molecule has 23 heavy (non-hydrogen) atoms. The minimum atomic E-state index is -0.566. The molecule has 3 nitrogen and oxygen atoms in total.